The van der Waals surface area contributed by atoms with Crippen molar-refractivity contribution >= 4 is 11.8 Å². The van der Waals surface area contributed by atoms with Gasteiger partial charge in [-0.25, -0.2) is 4.79 Å². The fourth-order valence-corrected chi connectivity index (χ4v) is 2.65. The number of carbonyl (C=O) groups excluding carboxylic acids is 1. The molecule has 1 amide bonds. The predicted octanol–water partition coefficient (Wildman–Crippen LogP) is 3.81. The van der Waals surface area contributed by atoms with Gasteiger partial charge in [0.2, 0.25) is 0 Å². The number of nitrogens with one attached hydrogen (secondary N) is 2. The summed E-state index contributed by atoms with van der Waals surface area (Å²) in [6.45, 7) is 9.78. The van der Waals surface area contributed by atoms with Crippen LogP contribution in [0.2, 0.25) is 0 Å². The summed E-state index contributed by atoms with van der Waals surface area (Å²) in [5.41, 5.74) is 2.79. The van der Waals surface area contributed by atoms with Crippen LogP contribution >= 0.6 is 0 Å². The van der Waals surface area contributed by atoms with Crippen molar-refractivity contribution < 1.29 is 9.53 Å². The Morgan fingerprint density at radius 3 is 2.52 bits per heavy atom. The molecule has 0 atom stereocenters. The molecule has 0 unspecified atom stereocenters. The molecule has 1 saturated heterocycles. The van der Waals surface area contributed by atoms with E-state index in [0.717, 1.165) is 24.3 Å². The molecule has 0 bridgehead atoms. The minimum absolute atomic E-state index is 0.403. The van der Waals surface area contributed by atoms with E-state index >= 15 is 0 Å². The zero-order valence-corrected chi connectivity index (χ0v) is 13.5. The van der Waals surface area contributed by atoms with Crippen molar-refractivity contribution in [3.05, 3.63) is 29.3 Å². The third-order valence-corrected chi connectivity index (χ3v) is 3.70. The van der Waals surface area contributed by atoms with Gasteiger partial charge in [0.05, 0.1) is 0 Å². The van der Waals surface area contributed by atoms with Crippen LogP contribution in [-0.2, 0) is 4.74 Å². The molecule has 4 heteroatoms. The van der Waals surface area contributed by atoms with E-state index in [9.17, 15) is 4.79 Å². The Bertz CT molecular complexity index is 500. The summed E-state index contributed by atoms with van der Waals surface area (Å²) in [5.74, 6) is 0.625. The van der Waals surface area contributed by atoms with Crippen LogP contribution in [0.25, 0.3) is 0 Å². The molecule has 1 fully saturated rings. The van der Waals surface area contributed by atoms with Gasteiger partial charge in [0.15, 0.2) is 0 Å². The molecule has 1 aromatic rings. The number of rotatable bonds is 2. The number of hydrogen-bond acceptors (Lipinski definition) is 3. The lowest BCUT2D eigenvalue weighted by atomic mass is 9.89. The maximum Gasteiger partial charge on any atom is 0.412 e. The standard InChI is InChI=1S/C17H26N2O2/c1-12-11-14(13-7-9-18-10-8-13)5-6-15(12)19-16(20)21-17(2,3)4/h5-6,11,13,18H,7-10H2,1-4H3,(H,19,20). The van der Waals surface area contributed by atoms with E-state index in [-0.39, 0.29) is 0 Å². The number of aryl methyl sites for hydroxylation is 1. The molecule has 2 N–H and O–H groups in total. The second kappa shape index (κ2) is 6.48. The van der Waals surface area contributed by atoms with Gasteiger partial charge in [-0.15, -0.1) is 0 Å². The number of benzene rings is 1. The van der Waals surface area contributed by atoms with E-state index in [1.807, 2.05) is 33.8 Å². The predicted molar refractivity (Wildman–Crippen MR) is 85.9 cm³/mol. The molecule has 116 valence electrons. The molecular weight excluding hydrogens is 264 g/mol. The van der Waals surface area contributed by atoms with Crippen LogP contribution in [0.1, 0.15) is 50.7 Å². The molecule has 4 nitrogen and oxygen atoms in total. The van der Waals surface area contributed by atoms with E-state index < -0.39 is 11.7 Å². The molecule has 1 aliphatic heterocycles. The van der Waals surface area contributed by atoms with Crippen molar-refractivity contribution in [2.24, 2.45) is 0 Å². The number of carbonyl (C=O) groups is 1. The van der Waals surface area contributed by atoms with E-state index in [4.69, 9.17) is 4.74 Å². The molecule has 1 aliphatic rings. The SMILES string of the molecule is Cc1cc(C2CCNCC2)ccc1NC(=O)OC(C)(C)C. The summed E-state index contributed by atoms with van der Waals surface area (Å²) in [6, 6.07) is 6.29. The zero-order valence-electron chi connectivity index (χ0n) is 13.5. The van der Waals surface area contributed by atoms with Gasteiger partial charge in [0, 0.05) is 5.69 Å². The van der Waals surface area contributed by atoms with Gasteiger partial charge in [0.25, 0.3) is 0 Å². The van der Waals surface area contributed by atoms with E-state index in [1.165, 1.54) is 18.4 Å². The van der Waals surface area contributed by atoms with Gasteiger partial charge in [-0.05, 0) is 76.7 Å². The van der Waals surface area contributed by atoms with Crippen LogP contribution in [0, 0.1) is 6.92 Å². The van der Waals surface area contributed by atoms with Crippen LogP contribution in [0.4, 0.5) is 10.5 Å². The van der Waals surface area contributed by atoms with Gasteiger partial charge in [0.1, 0.15) is 5.60 Å². The summed E-state index contributed by atoms with van der Waals surface area (Å²) in [4.78, 5) is 11.8. The summed E-state index contributed by atoms with van der Waals surface area (Å²) in [5, 5.41) is 6.21. The largest absolute Gasteiger partial charge is 0.444 e. The lowest BCUT2D eigenvalue weighted by Gasteiger charge is -2.24. The van der Waals surface area contributed by atoms with Gasteiger partial charge in [-0.3, -0.25) is 5.32 Å². The van der Waals surface area contributed by atoms with Crippen molar-refractivity contribution in [2.45, 2.75) is 52.1 Å². The highest BCUT2D eigenvalue weighted by molar-refractivity contribution is 5.85. The molecule has 1 aromatic carbocycles. The molecule has 1 heterocycles. The number of ether oxygens (including phenoxy) is 1. The Kier molecular flexibility index (Phi) is 4.88. The third-order valence-electron chi connectivity index (χ3n) is 3.70. The monoisotopic (exact) mass is 290 g/mol. The molecule has 0 saturated carbocycles. The highest BCUT2D eigenvalue weighted by atomic mass is 16.6. The van der Waals surface area contributed by atoms with E-state index in [2.05, 4.69) is 22.8 Å². The van der Waals surface area contributed by atoms with Crippen LogP contribution in [0.5, 0.6) is 0 Å². The van der Waals surface area contributed by atoms with Crippen molar-refractivity contribution in [3.8, 4) is 0 Å². The lowest BCUT2D eigenvalue weighted by Crippen LogP contribution is -2.27. The van der Waals surface area contributed by atoms with Gasteiger partial charge in [-0.1, -0.05) is 12.1 Å². The first-order chi connectivity index (χ1) is 9.85. The second-order valence-electron chi connectivity index (χ2n) is 6.73. The molecule has 0 spiro atoms. The van der Waals surface area contributed by atoms with Crippen LogP contribution in [0.15, 0.2) is 18.2 Å². The Morgan fingerprint density at radius 1 is 1.29 bits per heavy atom. The Hall–Kier alpha value is -1.55. The van der Waals surface area contributed by atoms with Crippen molar-refractivity contribution in [2.75, 3.05) is 18.4 Å². The zero-order chi connectivity index (χ0) is 15.5. The first kappa shape index (κ1) is 15.8. The second-order valence-corrected chi connectivity index (χ2v) is 6.73. The summed E-state index contributed by atoms with van der Waals surface area (Å²) >= 11 is 0. The fourth-order valence-electron chi connectivity index (χ4n) is 2.65. The quantitative estimate of drug-likeness (QED) is 0.871. The highest BCUT2D eigenvalue weighted by Gasteiger charge is 2.18. The van der Waals surface area contributed by atoms with Gasteiger partial charge >= 0.3 is 6.09 Å². The van der Waals surface area contributed by atoms with Crippen molar-refractivity contribution in [1.29, 1.82) is 0 Å². The minimum Gasteiger partial charge on any atom is -0.444 e. The van der Waals surface area contributed by atoms with E-state index in [1.54, 1.807) is 0 Å². The molecule has 0 radical (unpaired) electrons. The van der Waals surface area contributed by atoms with Gasteiger partial charge in [-0.2, -0.15) is 0 Å². The summed E-state index contributed by atoms with van der Waals surface area (Å²) < 4.78 is 5.28. The Balaban J connectivity index is 2.03. The third kappa shape index (κ3) is 4.74. The topological polar surface area (TPSA) is 50.4 Å². The van der Waals surface area contributed by atoms with Crippen LogP contribution in [-0.4, -0.2) is 24.8 Å². The van der Waals surface area contributed by atoms with Crippen LogP contribution < -0.4 is 10.6 Å². The highest BCUT2D eigenvalue weighted by Crippen LogP contribution is 2.28. The van der Waals surface area contributed by atoms with Crippen molar-refractivity contribution in [3.63, 3.8) is 0 Å². The number of anilines is 1. The average molecular weight is 290 g/mol. The summed E-state index contributed by atoms with van der Waals surface area (Å²) in [7, 11) is 0. The van der Waals surface area contributed by atoms with Crippen molar-refractivity contribution in [1.82, 2.24) is 5.32 Å². The molecule has 21 heavy (non-hydrogen) atoms. The maximum atomic E-state index is 11.8. The van der Waals surface area contributed by atoms with Crippen LogP contribution in [0.3, 0.4) is 0 Å². The fraction of sp³-hybridized carbons (Fsp3) is 0.588. The lowest BCUT2D eigenvalue weighted by molar-refractivity contribution is 0.0636. The number of hydrogen-bond donors (Lipinski definition) is 2. The molecule has 0 aliphatic carbocycles. The Labute approximate surface area is 127 Å². The first-order valence-electron chi connectivity index (χ1n) is 7.66. The normalized spacial score (nSPS) is 16.6. The first-order valence-corrected chi connectivity index (χ1v) is 7.66. The minimum atomic E-state index is -0.479. The summed E-state index contributed by atoms with van der Waals surface area (Å²) in [6.07, 6.45) is 1.96. The number of amides is 1. The molecular formula is C17H26N2O2. The average Bonchev–Trinajstić information content (AvgIpc) is 2.40. The maximum absolute atomic E-state index is 11.8. The Morgan fingerprint density at radius 2 is 1.95 bits per heavy atom. The smallest absolute Gasteiger partial charge is 0.412 e. The van der Waals surface area contributed by atoms with Gasteiger partial charge < -0.3 is 10.1 Å². The molecule has 0 aromatic heterocycles. The number of piperidine rings is 1. The molecule has 2 rings (SSSR count). The van der Waals surface area contributed by atoms with E-state index in [0.29, 0.717) is 5.92 Å².